The third kappa shape index (κ3) is 3.88. The number of morpholine rings is 1. The van der Waals surface area contributed by atoms with E-state index in [1.807, 2.05) is 0 Å². The van der Waals surface area contributed by atoms with Gasteiger partial charge in [0.05, 0.1) is 39.0 Å². The molecule has 0 bridgehead atoms. The highest BCUT2D eigenvalue weighted by Gasteiger charge is 2.17. The lowest BCUT2D eigenvalue weighted by Crippen LogP contribution is -2.41. The largest absolute Gasteiger partial charge is 0.493 e. The Kier molecular flexibility index (Phi) is 5.60. The smallest absolute Gasteiger partial charge is 0.226 e. The highest BCUT2D eigenvalue weighted by atomic mass is 16.5. The number of anilines is 1. The summed E-state index contributed by atoms with van der Waals surface area (Å²) in [5.41, 5.74) is 6.57. The lowest BCUT2D eigenvalue weighted by Gasteiger charge is -2.26. The molecule has 1 aliphatic heterocycles. The van der Waals surface area contributed by atoms with Crippen LogP contribution in [0.4, 0.5) is 5.69 Å². The molecule has 0 spiro atoms. The van der Waals surface area contributed by atoms with Crippen molar-refractivity contribution in [3.8, 4) is 11.5 Å². The van der Waals surface area contributed by atoms with Crippen LogP contribution < -0.4 is 15.2 Å². The van der Waals surface area contributed by atoms with Gasteiger partial charge in [-0.25, -0.2) is 0 Å². The number of benzene rings is 1. The summed E-state index contributed by atoms with van der Waals surface area (Å²) in [5, 5.41) is 0. The van der Waals surface area contributed by atoms with Crippen LogP contribution in [-0.2, 0) is 9.53 Å². The fourth-order valence-electron chi connectivity index (χ4n) is 2.23. The van der Waals surface area contributed by atoms with Crippen LogP contribution in [0, 0.1) is 0 Å². The molecule has 0 atom stereocenters. The van der Waals surface area contributed by atoms with Crippen LogP contribution in [-0.4, -0.2) is 57.1 Å². The molecule has 0 aliphatic carbocycles. The van der Waals surface area contributed by atoms with E-state index in [-0.39, 0.29) is 18.9 Å². The van der Waals surface area contributed by atoms with Crippen molar-refractivity contribution in [3.05, 3.63) is 17.7 Å². The van der Waals surface area contributed by atoms with Crippen LogP contribution in [0.2, 0.25) is 0 Å². The van der Waals surface area contributed by atoms with Gasteiger partial charge in [0.2, 0.25) is 5.91 Å². The summed E-state index contributed by atoms with van der Waals surface area (Å²) in [7, 11) is 1.47. The Hall–Kier alpha value is -2.28. The van der Waals surface area contributed by atoms with Gasteiger partial charge < -0.3 is 24.8 Å². The third-order valence-corrected chi connectivity index (χ3v) is 3.39. The number of nitrogens with two attached hydrogens (primary N) is 1. The van der Waals surface area contributed by atoms with Crippen molar-refractivity contribution < 1.29 is 23.8 Å². The van der Waals surface area contributed by atoms with Gasteiger partial charge in [-0.05, 0) is 12.1 Å². The normalized spacial score (nSPS) is 14.5. The molecule has 1 fully saturated rings. The lowest BCUT2D eigenvalue weighted by atomic mass is 10.2. The molecule has 1 saturated heterocycles. The van der Waals surface area contributed by atoms with Crippen LogP contribution in [0.1, 0.15) is 16.8 Å². The molecule has 2 rings (SSSR count). The summed E-state index contributed by atoms with van der Waals surface area (Å²) >= 11 is 0. The number of ether oxygens (including phenoxy) is 3. The quantitative estimate of drug-likeness (QED) is 0.615. The molecular formula is C15H20N2O5. The van der Waals surface area contributed by atoms with Gasteiger partial charge in [-0.1, -0.05) is 0 Å². The molecule has 2 N–H and O–H groups in total. The maximum atomic E-state index is 12.0. The number of methoxy groups -OCH3 is 1. The first-order valence-corrected chi connectivity index (χ1v) is 7.06. The topological polar surface area (TPSA) is 91.1 Å². The number of rotatable bonds is 6. The minimum absolute atomic E-state index is 0.0188. The van der Waals surface area contributed by atoms with Crippen LogP contribution in [0.15, 0.2) is 12.1 Å². The minimum Gasteiger partial charge on any atom is -0.493 e. The Morgan fingerprint density at radius 1 is 1.41 bits per heavy atom. The molecule has 120 valence electrons. The Morgan fingerprint density at radius 2 is 2.14 bits per heavy atom. The van der Waals surface area contributed by atoms with Crippen LogP contribution in [0.5, 0.6) is 11.5 Å². The second-order valence-corrected chi connectivity index (χ2v) is 4.85. The van der Waals surface area contributed by atoms with Crippen molar-refractivity contribution in [1.82, 2.24) is 4.90 Å². The van der Waals surface area contributed by atoms with E-state index in [9.17, 15) is 9.59 Å². The van der Waals surface area contributed by atoms with E-state index in [0.29, 0.717) is 55.3 Å². The monoisotopic (exact) mass is 308 g/mol. The summed E-state index contributed by atoms with van der Waals surface area (Å²) in [6.07, 6.45) is 0.933. The van der Waals surface area contributed by atoms with Gasteiger partial charge in [0, 0.05) is 18.7 Å². The van der Waals surface area contributed by atoms with Crippen LogP contribution >= 0.6 is 0 Å². The number of amides is 1. The molecule has 0 aromatic heterocycles. The number of hydrogen-bond acceptors (Lipinski definition) is 6. The molecule has 0 saturated carbocycles. The molecule has 1 aromatic rings. The highest BCUT2D eigenvalue weighted by Crippen LogP contribution is 2.34. The first-order chi connectivity index (χ1) is 10.7. The lowest BCUT2D eigenvalue weighted by molar-refractivity contribution is -0.135. The molecule has 1 aliphatic rings. The molecule has 1 heterocycles. The molecule has 22 heavy (non-hydrogen) atoms. The Labute approximate surface area is 128 Å². The zero-order valence-electron chi connectivity index (χ0n) is 12.5. The summed E-state index contributed by atoms with van der Waals surface area (Å²) in [5.74, 6) is 0.745. The predicted octanol–water partition coefficient (Wildman–Crippen LogP) is 0.718. The molecular weight excluding hydrogens is 288 g/mol. The molecule has 0 unspecified atom stereocenters. The molecule has 1 aromatic carbocycles. The van der Waals surface area contributed by atoms with Crippen molar-refractivity contribution in [3.63, 3.8) is 0 Å². The van der Waals surface area contributed by atoms with Crippen molar-refractivity contribution >= 4 is 17.9 Å². The molecule has 7 heteroatoms. The van der Waals surface area contributed by atoms with Crippen molar-refractivity contribution in [2.45, 2.75) is 6.42 Å². The number of aldehydes is 1. The van der Waals surface area contributed by atoms with E-state index in [2.05, 4.69) is 0 Å². The van der Waals surface area contributed by atoms with E-state index < -0.39 is 0 Å². The molecule has 0 radical (unpaired) electrons. The standard InChI is InChI=1S/C15H20N2O5/c1-20-13-9-11(10-18)8-12(16)15(13)22-5-2-14(19)17-3-6-21-7-4-17/h8-10H,2-7,16H2,1H3. The number of nitrogens with zero attached hydrogens (tertiary/aromatic N) is 1. The fourth-order valence-corrected chi connectivity index (χ4v) is 2.23. The average molecular weight is 308 g/mol. The Bertz CT molecular complexity index is 541. The van der Waals surface area contributed by atoms with Crippen molar-refractivity contribution in [2.75, 3.05) is 45.8 Å². The van der Waals surface area contributed by atoms with Gasteiger partial charge in [-0.3, -0.25) is 9.59 Å². The van der Waals surface area contributed by atoms with Gasteiger partial charge in [-0.2, -0.15) is 0 Å². The number of hydrogen-bond donors (Lipinski definition) is 1. The van der Waals surface area contributed by atoms with E-state index in [1.54, 1.807) is 11.0 Å². The second kappa shape index (κ2) is 7.65. The van der Waals surface area contributed by atoms with E-state index in [1.165, 1.54) is 13.2 Å². The van der Waals surface area contributed by atoms with Crippen LogP contribution in [0.3, 0.4) is 0 Å². The van der Waals surface area contributed by atoms with Gasteiger partial charge in [0.15, 0.2) is 11.5 Å². The summed E-state index contributed by atoms with van der Waals surface area (Å²) in [6.45, 7) is 2.55. The molecule has 7 nitrogen and oxygen atoms in total. The minimum atomic E-state index is 0.0188. The van der Waals surface area contributed by atoms with E-state index >= 15 is 0 Å². The molecule has 1 amide bonds. The second-order valence-electron chi connectivity index (χ2n) is 4.85. The van der Waals surface area contributed by atoms with Crippen molar-refractivity contribution in [1.29, 1.82) is 0 Å². The van der Waals surface area contributed by atoms with Crippen molar-refractivity contribution in [2.24, 2.45) is 0 Å². The number of carbonyl (C=O) groups is 2. The SMILES string of the molecule is COc1cc(C=O)cc(N)c1OCCC(=O)N1CCOCC1. The summed E-state index contributed by atoms with van der Waals surface area (Å²) in [4.78, 5) is 24.6. The predicted molar refractivity (Wildman–Crippen MR) is 80.3 cm³/mol. The van der Waals surface area contributed by atoms with Gasteiger partial charge in [-0.15, -0.1) is 0 Å². The van der Waals surface area contributed by atoms with Gasteiger partial charge >= 0.3 is 0 Å². The van der Waals surface area contributed by atoms with E-state index in [4.69, 9.17) is 19.9 Å². The average Bonchev–Trinajstić information content (AvgIpc) is 2.56. The van der Waals surface area contributed by atoms with Crippen LogP contribution in [0.25, 0.3) is 0 Å². The number of nitrogen functional groups attached to an aromatic ring is 1. The first kappa shape index (κ1) is 16.1. The van der Waals surface area contributed by atoms with Gasteiger partial charge in [0.1, 0.15) is 6.29 Å². The zero-order chi connectivity index (χ0) is 15.9. The number of carbonyl (C=O) groups excluding carboxylic acids is 2. The van der Waals surface area contributed by atoms with E-state index in [0.717, 1.165) is 0 Å². The summed E-state index contributed by atoms with van der Waals surface area (Å²) < 4.78 is 15.9. The highest BCUT2D eigenvalue weighted by molar-refractivity contribution is 5.80. The van der Waals surface area contributed by atoms with Gasteiger partial charge in [0.25, 0.3) is 0 Å². The maximum Gasteiger partial charge on any atom is 0.226 e. The Balaban J connectivity index is 1.93. The zero-order valence-corrected chi connectivity index (χ0v) is 12.5. The first-order valence-electron chi connectivity index (χ1n) is 7.06. The third-order valence-electron chi connectivity index (χ3n) is 3.39. The summed E-state index contributed by atoms with van der Waals surface area (Å²) in [6, 6.07) is 3.05. The fraction of sp³-hybridized carbons (Fsp3) is 0.467. The Morgan fingerprint density at radius 3 is 2.77 bits per heavy atom. The maximum absolute atomic E-state index is 12.0.